The zero-order valence-electron chi connectivity index (χ0n) is 17.8. The van der Waals surface area contributed by atoms with Crippen LogP contribution < -0.4 is 14.4 Å². The number of nitrogens with zero attached hydrogens (tertiary/aromatic N) is 1. The van der Waals surface area contributed by atoms with Gasteiger partial charge >= 0.3 is 0 Å². The molecule has 3 aromatic rings. The first-order valence-electron chi connectivity index (χ1n) is 9.88. The maximum absolute atomic E-state index is 12.9. The van der Waals surface area contributed by atoms with Gasteiger partial charge in [-0.25, -0.2) is 8.42 Å². The van der Waals surface area contributed by atoms with E-state index < -0.39 is 10.0 Å². The van der Waals surface area contributed by atoms with Crippen LogP contribution in [0.15, 0.2) is 77.7 Å². The van der Waals surface area contributed by atoms with Crippen LogP contribution in [0, 0.1) is 6.92 Å². The zero-order chi connectivity index (χ0) is 22.4. The summed E-state index contributed by atoms with van der Waals surface area (Å²) in [6.45, 7) is 2.29. The van der Waals surface area contributed by atoms with E-state index in [9.17, 15) is 13.2 Å². The predicted octanol–water partition coefficient (Wildman–Crippen LogP) is 3.80. The number of hydrogen-bond acceptors (Lipinski definition) is 4. The standard InChI is InChI=1S/C24H26N2O4S/c1-18-17-20(24(27)25-16-15-19-9-12-21(30-3)13-10-19)11-14-23(18)26(2)31(28,29)22-7-5-4-6-8-22/h4-14,17H,15-16H2,1-3H3,(H,25,27). The Kier molecular flexibility index (Phi) is 6.97. The fourth-order valence-corrected chi connectivity index (χ4v) is 4.53. The minimum atomic E-state index is -3.67. The predicted molar refractivity (Wildman–Crippen MR) is 122 cm³/mol. The molecule has 0 atom stereocenters. The SMILES string of the molecule is COc1ccc(CCNC(=O)c2ccc(N(C)S(=O)(=O)c3ccccc3)c(C)c2)cc1. The summed E-state index contributed by atoms with van der Waals surface area (Å²) in [4.78, 5) is 12.7. The average molecular weight is 439 g/mol. The molecule has 162 valence electrons. The number of benzene rings is 3. The van der Waals surface area contributed by atoms with Gasteiger partial charge in [0.2, 0.25) is 0 Å². The molecule has 0 bridgehead atoms. The van der Waals surface area contributed by atoms with Crippen LogP contribution in [0.3, 0.4) is 0 Å². The van der Waals surface area contributed by atoms with Crippen molar-refractivity contribution in [2.24, 2.45) is 0 Å². The first-order chi connectivity index (χ1) is 14.8. The van der Waals surface area contributed by atoms with Crippen LogP contribution in [0.1, 0.15) is 21.5 Å². The third-order valence-corrected chi connectivity index (χ3v) is 6.84. The summed E-state index contributed by atoms with van der Waals surface area (Å²) in [5.74, 6) is 0.597. The first kappa shape index (κ1) is 22.4. The van der Waals surface area contributed by atoms with Crippen molar-refractivity contribution in [1.29, 1.82) is 0 Å². The zero-order valence-corrected chi connectivity index (χ0v) is 18.6. The number of anilines is 1. The smallest absolute Gasteiger partial charge is 0.264 e. The van der Waals surface area contributed by atoms with E-state index in [1.54, 1.807) is 62.6 Å². The van der Waals surface area contributed by atoms with Gasteiger partial charge in [-0.05, 0) is 66.9 Å². The van der Waals surface area contributed by atoms with Gasteiger partial charge in [0.1, 0.15) is 5.75 Å². The Hall–Kier alpha value is -3.32. The molecule has 7 heteroatoms. The number of sulfonamides is 1. The molecule has 6 nitrogen and oxygen atoms in total. The summed E-state index contributed by atoms with van der Waals surface area (Å²) in [7, 11) is -0.538. The Bertz CT molecular complexity index is 1140. The third-order valence-electron chi connectivity index (χ3n) is 5.06. The van der Waals surface area contributed by atoms with E-state index in [2.05, 4.69) is 5.32 Å². The lowest BCUT2D eigenvalue weighted by atomic mass is 10.1. The molecule has 3 aromatic carbocycles. The number of methoxy groups -OCH3 is 1. The summed E-state index contributed by atoms with van der Waals surface area (Å²) in [6, 6.07) is 21.0. The maximum Gasteiger partial charge on any atom is 0.264 e. The van der Waals surface area contributed by atoms with Gasteiger partial charge in [-0.2, -0.15) is 0 Å². The molecular formula is C24H26N2O4S. The van der Waals surface area contributed by atoms with Crippen molar-refractivity contribution in [1.82, 2.24) is 5.32 Å². The van der Waals surface area contributed by atoms with Gasteiger partial charge in [-0.15, -0.1) is 0 Å². The van der Waals surface area contributed by atoms with Gasteiger partial charge < -0.3 is 10.1 Å². The summed E-state index contributed by atoms with van der Waals surface area (Å²) >= 11 is 0. The molecule has 0 fully saturated rings. The minimum absolute atomic E-state index is 0.197. The molecule has 1 amide bonds. The second-order valence-corrected chi connectivity index (χ2v) is 9.11. The first-order valence-corrected chi connectivity index (χ1v) is 11.3. The number of ether oxygens (including phenoxy) is 1. The fourth-order valence-electron chi connectivity index (χ4n) is 3.24. The van der Waals surface area contributed by atoms with E-state index >= 15 is 0 Å². The number of aryl methyl sites for hydroxylation is 1. The van der Waals surface area contributed by atoms with E-state index in [4.69, 9.17) is 4.74 Å². The van der Waals surface area contributed by atoms with E-state index in [1.807, 2.05) is 24.3 Å². The highest BCUT2D eigenvalue weighted by molar-refractivity contribution is 7.92. The van der Waals surface area contributed by atoms with Crippen LogP contribution in [-0.4, -0.2) is 35.0 Å². The summed E-state index contributed by atoms with van der Waals surface area (Å²) in [5.41, 5.74) is 2.81. The van der Waals surface area contributed by atoms with Gasteiger partial charge in [-0.3, -0.25) is 9.10 Å². The highest BCUT2D eigenvalue weighted by Crippen LogP contribution is 2.26. The van der Waals surface area contributed by atoms with Gasteiger partial charge in [0, 0.05) is 19.2 Å². The molecule has 0 aliphatic carbocycles. The monoisotopic (exact) mass is 438 g/mol. The number of amides is 1. The van der Waals surface area contributed by atoms with E-state index in [0.29, 0.717) is 29.8 Å². The van der Waals surface area contributed by atoms with Crippen LogP contribution in [0.5, 0.6) is 5.75 Å². The second-order valence-electron chi connectivity index (χ2n) is 7.14. The summed E-state index contributed by atoms with van der Waals surface area (Å²) in [6.07, 6.45) is 0.699. The van der Waals surface area contributed by atoms with Crippen LogP contribution in [-0.2, 0) is 16.4 Å². The van der Waals surface area contributed by atoms with E-state index in [-0.39, 0.29) is 10.8 Å². The largest absolute Gasteiger partial charge is 0.497 e. The highest BCUT2D eigenvalue weighted by atomic mass is 32.2. The van der Waals surface area contributed by atoms with Crippen LogP contribution in [0.2, 0.25) is 0 Å². The number of rotatable bonds is 8. The second kappa shape index (κ2) is 9.66. The van der Waals surface area contributed by atoms with Gasteiger partial charge in [0.05, 0.1) is 17.7 Å². The quantitative estimate of drug-likeness (QED) is 0.580. The minimum Gasteiger partial charge on any atom is -0.497 e. The van der Waals surface area contributed by atoms with Crippen LogP contribution >= 0.6 is 0 Å². The lowest BCUT2D eigenvalue weighted by Gasteiger charge is -2.22. The highest BCUT2D eigenvalue weighted by Gasteiger charge is 2.22. The fraction of sp³-hybridized carbons (Fsp3) is 0.208. The van der Waals surface area contributed by atoms with E-state index in [1.165, 1.54) is 11.4 Å². The van der Waals surface area contributed by atoms with Crippen molar-refractivity contribution in [3.63, 3.8) is 0 Å². The Morgan fingerprint density at radius 3 is 2.29 bits per heavy atom. The lowest BCUT2D eigenvalue weighted by Crippen LogP contribution is -2.28. The number of carbonyl (C=O) groups is 1. The third kappa shape index (κ3) is 5.24. The topological polar surface area (TPSA) is 75.7 Å². The van der Waals surface area contributed by atoms with Gasteiger partial charge in [0.25, 0.3) is 15.9 Å². The molecular weight excluding hydrogens is 412 g/mol. The van der Waals surface area contributed by atoms with Crippen molar-refractivity contribution in [2.75, 3.05) is 25.0 Å². The van der Waals surface area contributed by atoms with Gasteiger partial charge in [0.15, 0.2) is 0 Å². The van der Waals surface area contributed by atoms with Crippen molar-refractivity contribution in [2.45, 2.75) is 18.2 Å². The number of nitrogens with one attached hydrogen (secondary N) is 1. The molecule has 0 aliphatic rings. The molecule has 0 saturated carbocycles. The lowest BCUT2D eigenvalue weighted by molar-refractivity contribution is 0.0954. The molecule has 0 radical (unpaired) electrons. The molecule has 3 rings (SSSR count). The summed E-state index contributed by atoms with van der Waals surface area (Å²) in [5, 5.41) is 2.91. The Labute approximate surface area is 183 Å². The van der Waals surface area contributed by atoms with Gasteiger partial charge in [-0.1, -0.05) is 30.3 Å². The van der Waals surface area contributed by atoms with Crippen molar-refractivity contribution in [3.05, 3.63) is 89.5 Å². The van der Waals surface area contributed by atoms with Crippen molar-refractivity contribution < 1.29 is 17.9 Å². The average Bonchev–Trinajstić information content (AvgIpc) is 2.79. The Morgan fingerprint density at radius 1 is 1.00 bits per heavy atom. The molecule has 0 heterocycles. The van der Waals surface area contributed by atoms with Crippen LogP contribution in [0.4, 0.5) is 5.69 Å². The Morgan fingerprint density at radius 2 is 1.68 bits per heavy atom. The normalized spacial score (nSPS) is 11.1. The molecule has 31 heavy (non-hydrogen) atoms. The molecule has 0 aliphatic heterocycles. The Balaban J connectivity index is 1.66. The molecule has 1 N–H and O–H groups in total. The maximum atomic E-state index is 12.9. The van der Waals surface area contributed by atoms with Crippen molar-refractivity contribution >= 4 is 21.6 Å². The molecule has 0 unspecified atom stereocenters. The molecule has 0 saturated heterocycles. The van der Waals surface area contributed by atoms with Crippen molar-refractivity contribution in [3.8, 4) is 5.75 Å². The number of hydrogen-bond donors (Lipinski definition) is 1. The number of carbonyl (C=O) groups excluding carboxylic acids is 1. The summed E-state index contributed by atoms with van der Waals surface area (Å²) < 4.78 is 32.1. The molecule has 0 aromatic heterocycles. The molecule has 0 spiro atoms. The van der Waals surface area contributed by atoms with E-state index in [0.717, 1.165) is 11.3 Å². The van der Waals surface area contributed by atoms with Crippen LogP contribution in [0.25, 0.3) is 0 Å².